The first-order valence-corrected chi connectivity index (χ1v) is 9.72. The smallest absolute Gasteiger partial charge is 0.330 e. The molecule has 1 aromatic heterocycles. The van der Waals surface area contributed by atoms with Crippen LogP contribution in [0.15, 0.2) is 80.9 Å². The molecule has 0 saturated heterocycles. The minimum Gasteiger partial charge on any atom is -0.342 e. The van der Waals surface area contributed by atoms with Crippen LogP contribution in [0.4, 0.5) is 0 Å². The first-order valence-electron chi connectivity index (χ1n) is 8.92. The van der Waals surface area contributed by atoms with E-state index in [1.54, 1.807) is 7.05 Å². The fourth-order valence-corrected chi connectivity index (χ4v) is 3.23. The number of amides is 1. The second-order valence-corrected chi connectivity index (χ2v) is 7.49. The van der Waals surface area contributed by atoms with Crippen molar-refractivity contribution in [1.82, 2.24) is 14.5 Å². The second kappa shape index (κ2) is 8.87. The minimum absolute atomic E-state index is 0.254. The van der Waals surface area contributed by atoms with Crippen LogP contribution in [0.5, 0.6) is 0 Å². The summed E-state index contributed by atoms with van der Waals surface area (Å²) in [5.41, 5.74) is 1.25. The van der Waals surface area contributed by atoms with E-state index in [4.69, 9.17) is 0 Å². The molecule has 0 radical (unpaired) electrons. The zero-order valence-electron chi connectivity index (χ0n) is 16.0. The molecule has 0 spiro atoms. The van der Waals surface area contributed by atoms with Gasteiger partial charge in [0.25, 0.3) is 5.56 Å². The van der Waals surface area contributed by atoms with Gasteiger partial charge < -0.3 is 9.88 Å². The van der Waals surface area contributed by atoms with Crippen LogP contribution in [0, 0.1) is 0 Å². The van der Waals surface area contributed by atoms with Crippen molar-refractivity contribution < 1.29 is 4.79 Å². The summed E-state index contributed by atoms with van der Waals surface area (Å²) in [5.74, 6) is -0.349. The van der Waals surface area contributed by atoms with E-state index in [-0.39, 0.29) is 17.5 Å². The lowest BCUT2D eigenvalue weighted by Gasteiger charge is -2.19. The van der Waals surface area contributed by atoms with Crippen molar-refractivity contribution in [2.45, 2.75) is 6.04 Å². The number of rotatable bonds is 5. The van der Waals surface area contributed by atoms with E-state index in [0.717, 1.165) is 20.2 Å². The van der Waals surface area contributed by atoms with Crippen molar-refractivity contribution >= 4 is 27.9 Å². The molecule has 29 heavy (non-hydrogen) atoms. The first-order chi connectivity index (χ1) is 13.9. The fraction of sp³-hybridized carbons (Fsp3) is 0.136. The van der Waals surface area contributed by atoms with Gasteiger partial charge in [0, 0.05) is 30.8 Å². The molecule has 3 aromatic rings. The lowest BCUT2D eigenvalue weighted by atomic mass is 9.98. The van der Waals surface area contributed by atoms with Crippen molar-refractivity contribution in [2.24, 2.45) is 14.1 Å². The quantitative estimate of drug-likeness (QED) is 0.603. The van der Waals surface area contributed by atoms with Crippen molar-refractivity contribution in [1.29, 1.82) is 0 Å². The molecular formula is C22H20BrN3O3. The van der Waals surface area contributed by atoms with E-state index in [1.807, 2.05) is 54.6 Å². The standard InChI is InChI=1S/C22H20BrN3O3/c1-25-14-17(21(28)26(2)22(25)29)10-13-19(27)24-20(15-6-4-3-5-7-15)16-8-11-18(23)12-9-16/h3-14,20H,1-2H3,(H,24,27)/b13-10+. The third kappa shape index (κ3) is 4.81. The molecule has 0 saturated carbocycles. The Bertz CT molecular complexity index is 1160. The predicted molar refractivity (Wildman–Crippen MR) is 117 cm³/mol. The summed E-state index contributed by atoms with van der Waals surface area (Å²) in [7, 11) is 2.96. The number of halogens is 1. The van der Waals surface area contributed by atoms with Crippen LogP contribution in [0.2, 0.25) is 0 Å². The molecule has 0 aliphatic rings. The Morgan fingerprint density at radius 3 is 2.28 bits per heavy atom. The summed E-state index contributed by atoms with van der Waals surface area (Å²) < 4.78 is 3.25. The highest BCUT2D eigenvalue weighted by atomic mass is 79.9. The van der Waals surface area contributed by atoms with Gasteiger partial charge in [-0.1, -0.05) is 58.4 Å². The summed E-state index contributed by atoms with van der Waals surface area (Å²) in [6.45, 7) is 0. The molecule has 0 bridgehead atoms. The van der Waals surface area contributed by atoms with Crippen molar-refractivity contribution in [3.05, 3.63) is 109 Å². The molecule has 1 heterocycles. The van der Waals surface area contributed by atoms with Gasteiger partial charge >= 0.3 is 5.69 Å². The maximum absolute atomic E-state index is 12.6. The molecule has 1 atom stereocenters. The number of benzene rings is 2. The SMILES string of the molecule is Cn1cc(/C=C/C(=O)NC(c2ccccc2)c2ccc(Br)cc2)c(=O)n(C)c1=O. The van der Waals surface area contributed by atoms with Crippen LogP contribution < -0.4 is 16.6 Å². The van der Waals surface area contributed by atoms with Gasteiger partial charge in [0.05, 0.1) is 11.6 Å². The van der Waals surface area contributed by atoms with Crippen molar-refractivity contribution in [3.63, 3.8) is 0 Å². The number of carbonyl (C=O) groups excluding carboxylic acids is 1. The number of aromatic nitrogens is 2. The third-order valence-corrected chi connectivity index (χ3v) is 5.04. The van der Waals surface area contributed by atoms with E-state index in [0.29, 0.717) is 0 Å². The number of hydrogen-bond donors (Lipinski definition) is 1. The summed E-state index contributed by atoms with van der Waals surface area (Å²) in [4.78, 5) is 36.6. The average molecular weight is 454 g/mol. The van der Waals surface area contributed by atoms with Gasteiger partial charge in [-0.2, -0.15) is 0 Å². The summed E-state index contributed by atoms with van der Waals surface area (Å²) in [5, 5.41) is 2.98. The number of nitrogens with one attached hydrogen (secondary N) is 1. The second-order valence-electron chi connectivity index (χ2n) is 6.58. The largest absolute Gasteiger partial charge is 0.342 e. The third-order valence-electron chi connectivity index (χ3n) is 4.51. The first kappa shape index (κ1) is 20.5. The summed E-state index contributed by atoms with van der Waals surface area (Å²) in [6.07, 6.45) is 4.13. The summed E-state index contributed by atoms with van der Waals surface area (Å²) >= 11 is 3.42. The van der Waals surface area contributed by atoms with E-state index >= 15 is 0 Å². The highest BCUT2D eigenvalue weighted by Gasteiger charge is 2.15. The van der Waals surface area contributed by atoms with Crippen molar-refractivity contribution in [3.8, 4) is 0 Å². The Hall–Kier alpha value is -3.19. The summed E-state index contributed by atoms with van der Waals surface area (Å²) in [6, 6.07) is 17.0. The van der Waals surface area contributed by atoms with Crippen LogP contribution in [0.25, 0.3) is 6.08 Å². The van der Waals surface area contributed by atoms with Gasteiger partial charge in [-0.15, -0.1) is 0 Å². The maximum Gasteiger partial charge on any atom is 0.330 e. The Morgan fingerprint density at radius 1 is 1.00 bits per heavy atom. The van der Waals surface area contributed by atoms with Gasteiger partial charge in [-0.25, -0.2) is 4.79 Å². The average Bonchev–Trinajstić information content (AvgIpc) is 2.73. The van der Waals surface area contributed by atoms with Gasteiger partial charge in [0.2, 0.25) is 5.91 Å². The molecule has 2 aromatic carbocycles. The molecule has 1 N–H and O–H groups in total. The molecule has 0 aliphatic carbocycles. The molecule has 1 amide bonds. The van der Waals surface area contributed by atoms with E-state index in [2.05, 4.69) is 21.2 Å². The zero-order chi connectivity index (χ0) is 21.0. The van der Waals surface area contributed by atoms with Crippen LogP contribution >= 0.6 is 15.9 Å². The molecule has 148 valence electrons. The maximum atomic E-state index is 12.6. The van der Waals surface area contributed by atoms with Crippen LogP contribution in [0.3, 0.4) is 0 Å². The predicted octanol–water partition coefficient (Wildman–Crippen LogP) is 2.77. The molecule has 7 heteroatoms. The lowest BCUT2D eigenvalue weighted by Crippen LogP contribution is -2.37. The lowest BCUT2D eigenvalue weighted by molar-refractivity contribution is -0.116. The Balaban J connectivity index is 1.88. The molecule has 0 fully saturated rings. The highest BCUT2D eigenvalue weighted by Crippen LogP contribution is 2.23. The van der Waals surface area contributed by atoms with E-state index < -0.39 is 11.2 Å². The van der Waals surface area contributed by atoms with Gasteiger partial charge in [0.1, 0.15) is 0 Å². The zero-order valence-corrected chi connectivity index (χ0v) is 17.6. The number of carbonyl (C=O) groups is 1. The van der Waals surface area contributed by atoms with Crippen molar-refractivity contribution in [2.75, 3.05) is 0 Å². The fourth-order valence-electron chi connectivity index (χ4n) is 2.97. The topological polar surface area (TPSA) is 73.1 Å². The van der Waals surface area contributed by atoms with E-state index in [9.17, 15) is 14.4 Å². The monoisotopic (exact) mass is 453 g/mol. The highest BCUT2D eigenvalue weighted by molar-refractivity contribution is 9.10. The number of hydrogen-bond acceptors (Lipinski definition) is 3. The Kier molecular flexibility index (Phi) is 6.29. The molecular weight excluding hydrogens is 434 g/mol. The van der Waals surface area contributed by atoms with Gasteiger partial charge in [-0.3, -0.25) is 14.2 Å². The van der Waals surface area contributed by atoms with Gasteiger partial charge in [-0.05, 0) is 29.3 Å². The molecule has 0 aliphatic heterocycles. The molecule has 1 unspecified atom stereocenters. The number of nitrogens with zero attached hydrogens (tertiary/aromatic N) is 2. The van der Waals surface area contributed by atoms with Crippen LogP contribution in [-0.2, 0) is 18.9 Å². The van der Waals surface area contributed by atoms with Crippen LogP contribution in [-0.4, -0.2) is 15.0 Å². The minimum atomic E-state index is -0.454. The van der Waals surface area contributed by atoms with Gasteiger partial charge in [0.15, 0.2) is 0 Å². The normalized spacial score (nSPS) is 12.1. The molecule has 3 rings (SSSR count). The van der Waals surface area contributed by atoms with E-state index in [1.165, 1.54) is 30.0 Å². The number of aryl methyl sites for hydroxylation is 1. The Labute approximate surface area is 176 Å². The Morgan fingerprint density at radius 2 is 1.62 bits per heavy atom. The van der Waals surface area contributed by atoms with Crippen LogP contribution in [0.1, 0.15) is 22.7 Å². The molecule has 6 nitrogen and oxygen atoms in total.